The highest BCUT2D eigenvalue weighted by molar-refractivity contribution is 5.41. The average molecular weight is 219 g/mol. The standard InChI is InChI=1S/C14H21NO/c1-3-8-15-14(10-16-2)13-9-11-6-4-5-7-12(11)13/h4-7,13-15H,3,8-10H2,1-2H3. The highest BCUT2D eigenvalue weighted by atomic mass is 16.5. The molecule has 0 heterocycles. The van der Waals surface area contributed by atoms with Crippen LogP contribution in [-0.4, -0.2) is 26.3 Å². The number of hydrogen-bond donors (Lipinski definition) is 1. The van der Waals surface area contributed by atoms with Gasteiger partial charge in [0.2, 0.25) is 0 Å². The van der Waals surface area contributed by atoms with E-state index in [0.29, 0.717) is 12.0 Å². The molecule has 0 bridgehead atoms. The second-order valence-electron chi connectivity index (χ2n) is 4.53. The van der Waals surface area contributed by atoms with E-state index in [0.717, 1.165) is 13.2 Å². The van der Waals surface area contributed by atoms with Gasteiger partial charge in [0, 0.05) is 19.1 Å². The molecule has 1 N–H and O–H groups in total. The third-order valence-corrected chi connectivity index (χ3v) is 3.38. The summed E-state index contributed by atoms with van der Waals surface area (Å²) in [5.41, 5.74) is 3.01. The van der Waals surface area contributed by atoms with Crippen molar-refractivity contribution in [3.63, 3.8) is 0 Å². The molecule has 0 radical (unpaired) electrons. The number of benzene rings is 1. The van der Waals surface area contributed by atoms with E-state index in [-0.39, 0.29) is 0 Å². The average Bonchev–Trinajstić information content (AvgIpc) is 2.27. The first kappa shape index (κ1) is 11.6. The van der Waals surface area contributed by atoms with Gasteiger partial charge in [0.25, 0.3) is 0 Å². The number of fused-ring (bicyclic) bond motifs is 1. The normalized spacial score (nSPS) is 20.0. The minimum atomic E-state index is 0.472. The molecule has 16 heavy (non-hydrogen) atoms. The van der Waals surface area contributed by atoms with Gasteiger partial charge in [-0.05, 0) is 30.5 Å². The molecule has 2 rings (SSSR count). The molecule has 1 aromatic carbocycles. The second kappa shape index (κ2) is 5.46. The fourth-order valence-electron chi connectivity index (χ4n) is 2.48. The van der Waals surface area contributed by atoms with Crippen molar-refractivity contribution in [1.29, 1.82) is 0 Å². The van der Waals surface area contributed by atoms with Crippen molar-refractivity contribution in [3.8, 4) is 0 Å². The predicted octanol–water partition coefficient (Wildman–Crippen LogP) is 2.34. The monoisotopic (exact) mass is 219 g/mol. The third kappa shape index (κ3) is 2.28. The number of methoxy groups -OCH3 is 1. The molecular weight excluding hydrogens is 198 g/mol. The summed E-state index contributed by atoms with van der Waals surface area (Å²) in [5.74, 6) is 0.641. The minimum Gasteiger partial charge on any atom is -0.383 e. The zero-order valence-corrected chi connectivity index (χ0v) is 10.2. The molecule has 0 aromatic heterocycles. The summed E-state index contributed by atoms with van der Waals surface area (Å²) >= 11 is 0. The lowest BCUT2D eigenvalue weighted by Crippen LogP contribution is -2.43. The van der Waals surface area contributed by atoms with Crippen LogP contribution in [-0.2, 0) is 11.2 Å². The van der Waals surface area contributed by atoms with Crippen molar-refractivity contribution in [2.45, 2.75) is 31.7 Å². The maximum atomic E-state index is 5.31. The molecule has 88 valence electrons. The fraction of sp³-hybridized carbons (Fsp3) is 0.571. The number of ether oxygens (including phenoxy) is 1. The first-order valence-electron chi connectivity index (χ1n) is 6.17. The van der Waals surface area contributed by atoms with E-state index >= 15 is 0 Å². The molecule has 2 unspecified atom stereocenters. The zero-order valence-electron chi connectivity index (χ0n) is 10.2. The highest BCUT2D eigenvalue weighted by Crippen LogP contribution is 2.37. The Bertz CT molecular complexity index is 337. The van der Waals surface area contributed by atoms with Gasteiger partial charge in [0.05, 0.1) is 6.61 Å². The molecule has 0 saturated heterocycles. The van der Waals surface area contributed by atoms with Crippen LogP contribution in [0.2, 0.25) is 0 Å². The second-order valence-corrected chi connectivity index (χ2v) is 4.53. The van der Waals surface area contributed by atoms with Gasteiger partial charge in [0.1, 0.15) is 0 Å². The van der Waals surface area contributed by atoms with Crippen molar-refractivity contribution in [2.24, 2.45) is 0 Å². The van der Waals surface area contributed by atoms with Crippen molar-refractivity contribution >= 4 is 0 Å². The van der Waals surface area contributed by atoms with Crippen LogP contribution in [0.1, 0.15) is 30.4 Å². The quantitative estimate of drug-likeness (QED) is 0.793. The molecule has 0 fully saturated rings. The van der Waals surface area contributed by atoms with Crippen LogP contribution in [0.3, 0.4) is 0 Å². The summed E-state index contributed by atoms with van der Waals surface area (Å²) < 4.78 is 5.31. The van der Waals surface area contributed by atoms with E-state index < -0.39 is 0 Å². The number of hydrogen-bond acceptors (Lipinski definition) is 2. The number of rotatable bonds is 6. The van der Waals surface area contributed by atoms with Crippen LogP contribution in [0, 0.1) is 0 Å². The van der Waals surface area contributed by atoms with Gasteiger partial charge in [-0.3, -0.25) is 0 Å². The smallest absolute Gasteiger partial charge is 0.0621 e. The topological polar surface area (TPSA) is 21.3 Å². The summed E-state index contributed by atoms with van der Waals surface area (Å²) in [6, 6.07) is 9.21. The van der Waals surface area contributed by atoms with E-state index in [1.54, 1.807) is 7.11 Å². The maximum Gasteiger partial charge on any atom is 0.0621 e. The van der Waals surface area contributed by atoms with Gasteiger partial charge in [0.15, 0.2) is 0 Å². The Morgan fingerprint density at radius 1 is 1.44 bits per heavy atom. The SMILES string of the molecule is CCCNC(COC)C1Cc2ccccc21. The van der Waals surface area contributed by atoms with Gasteiger partial charge in [-0.15, -0.1) is 0 Å². The number of nitrogens with one attached hydrogen (secondary N) is 1. The van der Waals surface area contributed by atoms with E-state index in [1.165, 1.54) is 24.0 Å². The Hall–Kier alpha value is -0.860. The van der Waals surface area contributed by atoms with Crippen LogP contribution >= 0.6 is 0 Å². The van der Waals surface area contributed by atoms with Gasteiger partial charge < -0.3 is 10.1 Å². The maximum absolute atomic E-state index is 5.31. The summed E-state index contributed by atoms with van der Waals surface area (Å²) in [5, 5.41) is 3.59. The van der Waals surface area contributed by atoms with E-state index in [2.05, 4.69) is 36.5 Å². The summed E-state index contributed by atoms with van der Waals surface area (Å²) in [6.07, 6.45) is 2.37. The molecule has 0 aliphatic heterocycles. The largest absolute Gasteiger partial charge is 0.383 e. The summed E-state index contributed by atoms with van der Waals surface area (Å²) in [6.45, 7) is 4.08. The van der Waals surface area contributed by atoms with Gasteiger partial charge in [-0.1, -0.05) is 31.2 Å². The minimum absolute atomic E-state index is 0.472. The molecule has 2 atom stereocenters. The lowest BCUT2D eigenvalue weighted by molar-refractivity contribution is 0.150. The Morgan fingerprint density at radius 3 is 2.94 bits per heavy atom. The van der Waals surface area contributed by atoms with Gasteiger partial charge >= 0.3 is 0 Å². The molecular formula is C14H21NO. The van der Waals surface area contributed by atoms with Crippen LogP contribution in [0.4, 0.5) is 0 Å². The fourth-order valence-corrected chi connectivity index (χ4v) is 2.48. The molecule has 1 aliphatic carbocycles. The van der Waals surface area contributed by atoms with Crippen LogP contribution < -0.4 is 5.32 Å². The molecule has 1 aliphatic rings. The molecule has 0 amide bonds. The van der Waals surface area contributed by atoms with Gasteiger partial charge in [-0.25, -0.2) is 0 Å². The molecule has 0 spiro atoms. The Balaban J connectivity index is 2.00. The first-order valence-corrected chi connectivity index (χ1v) is 6.17. The lowest BCUT2D eigenvalue weighted by Gasteiger charge is -2.36. The molecule has 2 nitrogen and oxygen atoms in total. The van der Waals surface area contributed by atoms with E-state index in [4.69, 9.17) is 4.74 Å². The Morgan fingerprint density at radius 2 is 2.25 bits per heavy atom. The van der Waals surface area contributed by atoms with Crippen LogP contribution in [0.15, 0.2) is 24.3 Å². The van der Waals surface area contributed by atoms with E-state index in [9.17, 15) is 0 Å². The highest BCUT2D eigenvalue weighted by Gasteiger charge is 2.32. The Labute approximate surface area is 98.0 Å². The van der Waals surface area contributed by atoms with E-state index in [1.807, 2.05) is 0 Å². The lowest BCUT2D eigenvalue weighted by atomic mass is 9.73. The van der Waals surface area contributed by atoms with Crippen LogP contribution in [0.5, 0.6) is 0 Å². The van der Waals surface area contributed by atoms with Gasteiger partial charge in [-0.2, -0.15) is 0 Å². The predicted molar refractivity (Wildman–Crippen MR) is 66.8 cm³/mol. The Kier molecular flexibility index (Phi) is 3.97. The summed E-state index contributed by atoms with van der Waals surface area (Å²) in [7, 11) is 1.78. The van der Waals surface area contributed by atoms with Crippen molar-refractivity contribution in [1.82, 2.24) is 5.32 Å². The third-order valence-electron chi connectivity index (χ3n) is 3.38. The first-order chi connectivity index (χ1) is 7.86. The van der Waals surface area contributed by atoms with Crippen molar-refractivity contribution in [3.05, 3.63) is 35.4 Å². The molecule has 0 saturated carbocycles. The zero-order chi connectivity index (χ0) is 11.4. The summed E-state index contributed by atoms with van der Waals surface area (Å²) in [4.78, 5) is 0. The molecule has 1 aromatic rings. The van der Waals surface area contributed by atoms with Crippen molar-refractivity contribution in [2.75, 3.05) is 20.3 Å². The van der Waals surface area contributed by atoms with Crippen LogP contribution in [0.25, 0.3) is 0 Å². The molecule has 2 heteroatoms. The van der Waals surface area contributed by atoms with Crippen molar-refractivity contribution < 1.29 is 4.74 Å².